The summed E-state index contributed by atoms with van der Waals surface area (Å²) in [4.78, 5) is 23.5. The number of hydrogen-bond acceptors (Lipinski definition) is 3. The molecule has 1 aromatic carbocycles. The second-order valence-electron chi connectivity index (χ2n) is 4.09. The first-order chi connectivity index (χ1) is 9.00. The third-order valence-corrected chi connectivity index (χ3v) is 3.67. The number of aryl methyl sites for hydroxylation is 1. The number of thiophene rings is 1. The number of aromatic carboxylic acids is 1. The van der Waals surface area contributed by atoms with Gasteiger partial charge in [0.2, 0.25) is 5.91 Å². The normalized spacial score (nSPS) is 10.2. The van der Waals surface area contributed by atoms with E-state index < -0.39 is 5.97 Å². The SMILES string of the molecule is CC(=O)Nc1sc(C)c(-c2ccccc2)c1C(=O)O. The number of hydrogen-bond donors (Lipinski definition) is 2. The number of benzene rings is 1. The van der Waals surface area contributed by atoms with Gasteiger partial charge in [0.15, 0.2) is 0 Å². The molecule has 0 fully saturated rings. The number of carbonyl (C=O) groups is 2. The second-order valence-corrected chi connectivity index (χ2v) is 5.31. The molecule has 19 heavy (non-hydrogen) atoms. The summed E-state index contributed by atoms with van der Waals surface area (Å²) in [5.74, 6) is -1.31. The summed E-state index contributed by atoms with van der Waals surface area (Å²) in [5, 5.41) is 12.4. The lowest BCUT2D eigenvalue weighted by molar-refractivity contribution is -0.114. The molecule has 0 saturated heterocycles. The maximum atomic E-state index is 11.5. The van der Waals surface area contributed by atoms with Crippen molar-refractivity contribution >= 4 is 28.2 Å². The third-order valence-electron chi connectivity index (χ3n) is 2.65. The van der Waals surface area contributed by atoms with E-state index in [1.54, 1.807) is 0 Å². The predicted octanol–water partition coefficient (Wildman–Crippen LogP) is 3.38. The highest BCUT2D eigenvalue weighted by molar-refractivity contribution is 7.17. The number of carboxylic acid groups (broad SMARTS) is 1. The van der Waals surface area contributed by atoms with Crippen molar-refractivity contribution in [2.75, 3.05) is 5.32 Å². The van der Waals surface area contributed by atoms with Gasteiger partial charge in [-0.25, -0.2) is 4.79 Å². The van der Waals surface area contributed by atoms with Crippen LogP contribution in [0.1, 0.15) is 22.2 Å². The molecule has 1 amide bonds. The largest absolute Gasteiger partial charge is 0.478 e. The molecule has 2 rings (SSSR count). The Morgan fingerprint density at radius 3 is 2.37 bits per heavy atom. The zero-order valence-electron chi connectivity index (χ0n) is 10.6. The second kappa shape index (κ2) is 5.24. The van der Waals surface area contributed by atoms with E-state index in [1.807, 2.05) is 37.3 Å². The molecule has 2 N–H and O–H groups in total. The maximum Gasteiger partial charge on any atom is 0.339 e. The van der Waals surface area contributed by atoms with Crippen LogP contribution in [0.5, 0.6) is 0 Å². The number of carboxylic acids is 1. The molecule has 0 radical (unpaired) electrons. The monoisotopic (exact) mass is 275 g/mol. The van der Waals surface area contributed by atoms with Gasteiger partial charge < -0.3 is 10.4 Å². The molecule has 0 aliphatic carbocycles. The zero-order chi connectivity index (χ0) is 14.0. The van der Waals surface area contributed by atoms with Gasteiger partial charge in [-0.05, 0) is 12.5 Å². The number of nitrogens with one attached hydrogen (secondary N) is 1. The topological polar surface area (TPSA) is 66.4 Å². The van der Waals surface area contributed by atoms with Gasteiger partial charge >= 0.3 is 5.97 Å². The quantitative estimate of drug-likeness (QED) is 0.902. The highest BCUT2D eigenvalue weighted by Crippen LogP contribution is 2.39. The Bertz CT molecular complexity index is 632. The molecular weight excluding hydrogens is 262 g/mol. The Morgan fingerprint density at radius 2 is 1.84 bits per heavy atom. The molecule has 0 atom stereocenters. The van der Waals surface area contributed by atoms with Crippen molar-refractivity contribution < 1.29 is 14.7 Å². The van der Waals surface area contributed by atoms with Gasteiger partial charge in [-0.15, -0.1) is 11.3 Å². The van der Waals surface area contributed by atoms with E-state index in [2.05, 4.69) is 5.32 Å². The minimum atomic E-state index is -1.04. The summed E-state index contributed by atoms with van der Waals surface area (Å²) in [7, 11) is 0. The standard InChI is InChI=1S/C14H13NO3S/c1-8-11(10-6-4-3-5-7-10)12(14(17)18)13(19-8)15-9(2)16/h3-7H,1-2H3,(H,15,16)(H,17,18). The minimum Gasteiger partial charge on any atom is -0.478 e. The average Bonchev–Trinajstić information content (AvgIpc) is 2.66. The Morgan fingerprint density at radius 1 is 1.21 bits per heavy atom. The van der Waals surface area contributed by atoms with Crippen LogP contribution in [0.2, 0.25) is 0 Å². The summed E-state index contributed by atoms with van der Waals surface area (Å²) < 4.78 is 0. The van der Waals surface area contributed by atoms with Crippen LogP contribution in [0.15, 0.2) is 30.3 Å². The molecule has 0 spiro atoms. The molecule has 1 aromatic heterocycles. The summed E-state index contributed by atoms with van der Waals surface area (Å²) in [6, 6.07) is 9.31. The number of rotatable bonds is 3. The highest BCUT2D eigenvalue weighted by atomic mass is 32.1. The lowest BCUT2D eigenvalue weighted by Crippen LogP contribution is -2.09. The van der Waals surface area contributed by atoms with E-state index in [1.165, 1.54) is 18.3 Å². The first kappa shape index (κ1) is 13.3. The lowest BCUT2D eigenvalue weighted by Gasteiger charge is -2.04. The first-order valence-corrected chi connectivity index (χ1v) is 6.52. The molecule has 0 aliphatic heterocycles. The highest BCUT2D eigenvalue weighted by Gasteiger charge is 2.23. The van der Waals surface area contributed by atoms with Crippen molar-refractivity contribution in [3.8, 4) is 11.1 Å². The fourth-order valence-electron chi connectivity index (χ4n) is 1.95. The summed E-state index contributed by atoms with van der Waals surface area (Å²) in [6.45, 7) is 3.22. The van der Waals surface area contributed by atoms with Crippen LogP contribution >= 0.6 is 11.3 Å². The number of anilines is 1. The molecule has 5 heteroatoms. The Balaban J connectivity index is 2.64. The van der Waals surface area contributed by atoms with Crippen LogP contribution in [0.4, 0.5) is 5.00 Å². The molecule has 2 aromatic rings. The van der Waals surface area contributed by atoms with Crippen molar-refractivity contribution in [1.29, 1.82) is 0 Å². The van der Waals surface area contributed by atoms with Gasteiger partial charge in [0, 0.05) is 17.4 Å². The molecule has 1 heterocycles. The smallest absolute Gasteiger partial charge is 0.339 e. The molecule has 98 valence electrons. The molecule has 0 bridgehead atoms. The van der Waals surface area contributed by atoms with Crippen LogP contribution < -0.4 is 5.32 Å². The van der Waals surface area contributed by atoms with E-state index in [0.717, 1.165) is 10.4 Å². The number of carbonyl (C=O) groups excluding carboxylic acids is 1. The third kappa shape index (κ3) is 2.66. The molecule has 4 nitrogen and oxygen atoms in total. The fraction of sp³-hybridized carbons (Fsp3) is 0.143. The Kier molecular flexibility index (Phi) is 3.66. The first-order valence-electron chi connectivity index (χ1n) is 5.70. The molecular formula is C14H13NO3S. The van der Waals surface area contributed by atoms with Crippen molar-refractivity contribution in [3.63, 3.8) is 0 Å². The van der Waals surface area contributed by atoms with Gasteiger partial charge in [0.05, 0.1) is 0 Å². The van der Waals surface area contributed by atoms with Crippen LogP contribution in [0.3, 0.4) is 0 Å². The lowest BCUT2D eigenvalue weighted by atomic mass is 10.0. The van der Waals surface area contributed by atoms with E-state index in [-0.39, 0.29) is 11.5 Å². The van der Waals surface area contributed by atoms with Crippen molar-refractivity contribution in [2.24, 2.45) is 0 Å². The molecule has 0 saturated carbocycles. The van der Waals surface area contributed by atoms with Crippen LogP contribution in [0.25, 0.3) is 11.1 Å². The number of amides is 1. The average molecular weight is 275 g/mol. The van der Waals surface area contributed by atoms with Gasteiger partial charge in [-0.3, -0.25) is 4.79 Å². The van der Waals surface area contributed by atoms with Crippen molar-refractivity contribution in [2.45, 2.75) is 13.8 Å². The van der Waals surface area contributed by atoms with Gasteiger partial charge in [-0.2, -0.15) is 0 Å². The van der Waals surface area contributed by atoms with E-state index >= 15 is 0 Å². The van der Waals surface area contributed by atoms with E-state index in [9.17, 15) is 14.7 Å². The maximum absolute atomic E-state index is 11.5. The van der Waals surface area contributed by atoms with E-state index in [0.29, 0.717) is 10.6 Å². The van der Waals surface area contributed by atoms with Crippen molar-refractivity contribution in [1.82, 2.24) is 0 Å². The van der Waals surface area contributed by atoms with Crippen LogP contribution in [-0.4, -0.2) is 17.0 Å². The van der Waals surface area contributed by atoms with Gasteiger partial charge in [-0.1, -0.05) is 30.3 Å². The fourth-order valence-corrected chi connectivity index (χ4v) is 3.06. The Hall–Kier alpha value is -2.14. The van der Waals surface area contributed by atoms with E-state index in [4.69, 9.17) is 0 Å². The predicted molar refractivity (Wildman–Crippen MR) is 75.8 cm³/mol. The molecule has 0 unspecified atom stereocenters. The molecule has 0 aliphatic rings. The Labute approximate surface area is 114 Å². The summed E-state index contributed by atoms with van der Waals surface area (Å²) in [5.41, 5.74) is 1.66. The van der Waals surface area contributed by atoms with Gasteiger partial charge in [0.1, 0.15) is 10.6 Å². The van der Waals surface area contributed by atoms with Crippen LogP contribution in [0, 0.1) is 6.92 Å². The van der Waals surface area contributed by atoms with Crippen LogP contribution in [-0.2, 0) is 4.79 Å². The zero-order valence-corrected chi connectivity index (χ0v) is 11.4. The minimum absolute atomic E-state index is 0.156. The summed E-state index contributed by atoms with van der Waals surface area (Å²) in [6.07, 6.45) is 0. The van der Waals surface area contributed by atoms with Gasteiger partial charge in [0.25, 0.3) is 0 Å². The summed E-state index contributed by atoms with van der Waals surface area (Å²) >= 11 is 1.28. The van der Waals surface area contributed by atoms with Crippen molar-refractivity contribution in [3.05, 3.63) is 40.8 Å².